The zero-order valence-corrected chi connectivity index (χ0v) is 8.23. The van der Waals surface area contributed by atoms with E-state index in [0.29, 0.717) is 0 Å². The maximum Gasteiger partial charge on any atom is 0.416 e. The Kier molecular flexibility index (Phi) is 5.05. The fourth-order valence-electron chi connectivity index (χ4n) is 0.715. The Morgan fingerprint density at radius 3 is 2.00 bits per heavy atom. The monoisotopic (exact) mass is 205 g/mol. The maximum atomic E-state index is 11.9. The Morgan fingerprint density at radius 2 is 1.71 bits per heavy atom. The summed E-state index contributed by atoms with van der Waals surface area (Å²) in [5.41, 5.74) is 4.57. The molecule has 0 atom stereocenters. The van der Waals surface area contributed by atoms with Crippen molar-refractivity contribution in [3.63, 3.8) is 0 Å². The first-order valence-electron chi connectivity index (χ1n) is 4.34. The van der Waals surface area contributed by atoms with Gasteiger partial charge in [-0.15, -0.1) is 0 Å². The van der Waals surface area contributed by atoms with E-state index >= 15 is 0 Å². The third-order valence-corrected chi connectivity index (χ3v) is 1.21. The van der Waals surface area contributed by atoms with Crippen LogP contribution in [0.25, 0.3) is 0 Å². The summed E-state index contributed by atoms with van der Waals surface area (Å²) in [5, 5.41) is 0. The molecule has 0 fully saturated rings. The molecule has 0 amide bonds. The number of hydrogen-bond donors (Lipinski definition) is 1. The summed E-state index contributed by atoms with van der Waals surface area (Å²) in [6, 6.07) is 4.57. The lowest BCUT2D eigenvalue weighted by atomic mass is 10.2. The number of nitrogen functional groups attached to an aromatic ring is 1. The van der Waals surface area contributed by atoms with Crippen LogP contribution < -0.4 is 5.73 Å². The molecule has 0 radical (unpaired) electrons. The van der Waals surface area contributed by atoms with Crippen molar-refractivity contribution in [1.82, 2.24) is 0 Å². The smallest absolute Gasteiger partial charge is 0.399 e. The highest BCUT2D eigenvalue weighted by Crippen LogP contribution is 2.29. The molecule has 0 aliphatic rings. The van der Waals surface area contributed by atoms with Gasteiger partial charge in [0, 0.05) is 5.69 Å². The van der Waals surface area contributed by atoms with Gasteiger partial charge >= 0.3 is 6.18 Å². The molecule has 1 aromatic carbocycles. The molecule has 0 aliphatic carbocycles. The van der Waals surface area contributed by atoms with Gasteiger partial charge in [0.05, 0.1) is 5.56 Å². The molecule has 0 saturated heterocycles. The number of anilines is 1. The average Bonchev–Trinajstić information content (AvgIpc) is 2.04. The van der Waals surface area contributed by atoms with Crippen LogP contribution in [0.15, 0.2) is 24.3 Å². The Bertz CT molecular complexity index is 268. The van der Waals surface area contributed by atoms with Crippen molar-refractivity contribution in [3.05, 3.63) is 29.8 Å². The van der Waals surface area contributed by atoms with E-state index in [0.717, 1.165) is 12.1 Å². The first-order chi connectivity index (χ1) is 6.41. The van der Waals surface area contributed by atoms with E-state index in [4.69, 9.17) is 5.73 Å². The van der Waals surface area contributed by atoms with Crippen LogP contribution in [0.1, 0.15) is 25.8 Å². The van der Waals surface area contributed by atoms with Crippen molar-refractivity contribution in [3.8, 4) is 0 Å². The zero-order valence-electron chi connectivity index (χ0n) is 8.23. The van der Waals surface area contributed by atoms with Crippen molar-refractivity contribution in [2.45, 2.75) is 26.4 Å². The molecule has 14 heavy (non-hydrogen) atoms. The highest BCUT2D eigenvalue weighted by Gasteiger charge is 2.30. The Morgan fingerprint density at radius 1 is 1.21 bits per heavy atom. The van der Waals surface area contributed by atoms with Crippen molar-refractivity contribution in [1.29, 1.82) is 0 Å². The minimum atomic E-state index is -4.30. The third kappa shape index (κ3) is 4.74. The van der Waals surface area contributed by atoms with Gasteiger partial charge < -0.3 is 5.73 Å². The second-order valence-electron chi connectivity index (χ2n) is 2.83. The van der Waals surface area contributed by atoms with Gasteiger partial charge in [0.1, 0.15) is 0 Å². The van der Waals surface area contributed by atoms with E-state index in [1.165, 1.54) is 18.6 Å². The topological polar surface area (TPSA) is 26.0 Å². The molecule has 0 unspecified atom stereocenters. The van der Waals surface area contributed by atoms with E-state index in [1.54, 1.807) is 0 Å². The molecule has 4 heteroatoms. The van der Waals surface area contributed by atoms with Gasteiger partial charge in [-0.1, -0.05) is 26.3 Å². The lowest BCUT2D eigenvalue weighted by Crippen LogP contribution is -2.04. The fraction of sp³-hybridized carbons (Fsp3) is 0.400. The van der Waals surface area contributed by atoms with Gasteiger partial charge in [0.25, 0.3) is 0 Å². The molecule has 0 heterocycles. The predicted molar refractivity (Wildman–Crippen MR) is 51.8 cm³/mol. The second-order valence-corrected chi connectivity index (χ2v) is 2.83. The predicted octanol–water partition coefficient (Wildman–Crippen LogP) is 3.70. The van der Waals surface area contributed by atoms with Crippen LogP contribution in [-0.4, -0.2) is 0 Å². The first kappa shape index (κ1) is 12.8. The molecule has 80 valence electrons. The van der Waals surface area contributed by atoms with E-state index in [9.17, 15) is 13.2 Å². The van der Waals surface area contributed by atoms with Crippen LogP contribution in [0, 0.1) is 0 Å². The van der Waals surface area contributed by atoms with Gasteiger partial charge in [-0.3, -0.25) is 0 Å². The Hall–Kier alpha value is -1.19. The zero-order chi connectivity index (χ0) is 11.2. The number of halogens is 3. The van der Waals surface area contributed by atoms with Crippen LogP contribution >= 0.6 is 0 Å². The second kappa shape index (κ2) is 5.52. The normalized spacial score (nSPS) is 10.4. The van der Waals surface area contributed by atoms with Crippen LogP contribution in [-0.2, 0) is 6.18 Å². The summed E-state index contributed by atoms with van der Waals surface area (Å²) in [4.78, 5) is 0. The summed E-state index contributed by atoms with van der Waals surface area (Å²) >= 11 is 0. The highest BCUT2D eigenvalue weighted by atomic mass is 19.4. The SMILES string of the molecule is CCC.Nc1cccc(C(F)(F)F)c1. The van der Waals surface area contributed by atoms with Gasteiger partial charge in [0.2, 0.25) is 0 Å². The third-order valence-electron chi connectivity index (χ3n) is 1.21. The average molecular weight is 205 g/mol. The largest absolute Gasteiger partial charge is 0.416 e. The molecule has 0 spiro atoms. The van der Waals surface area contributed by atoms with Crippen molar-refractivity contribution >= 4 is 5.69 Å². The van der Waals surface area contributed by atoms with Crippen molar-refractivity contribution in [2.24, 2.45) is 0 Å². The Labute approximate surface area is 81.7 Å². The molecule has 1 aromatic rings. The number of rotatable bonds is 0. The van der Waals surface area contributed by atoms with E-state index in [-0.39, 0.29) is 5.69 Å². The van der Waals surface area contributed by atoms with Crippen LogP contribution in [0.5, 0.6) is 0 Å². The van der Waals surface area contributed by atoms with Gasteiger partial charge in [-0.2, -0.15) is 13.2 Å². The lowest BCUT2D eigenvalue weighted by molar-refractivity contribution is -0.137. The van der Waals surface area contributed by atoms with Crippen LogP contribution in [0.4, 0.5) is 18.9 Å². The molecule has 2 N–H and O–H groups in total. The number of hydrogen-bond acceptors (Lipinski definition) is 1. The van der Waals surface area contributed by atoms with Gasteiger partial charge in [-0.25, -0.2) is 0 Å². The molecule has 1 rings (SSSR count). The van der Waals surface area contributed by atoms with E-state index in [1.807, 2.05) is 0 Å². The van der Waals surface area contributed by atoms with E-state index in [2.05, 4.69) is 13.8 Å². The van der Waals surface area contributed by atoms with Gasteiger partial charge in [0.15, 0.2) is 0 Å². The lowest BCUT2D eigenvalue weighted by Gasteiger charge is -2.05. The molecule has 0 saturated carbocycles. The minimum absolute atomic E-state index is 0.125. The first-order valence-corrected chi connectivity index (χ1v) is 4.34. The van der Waals surface area contributed by atoms with Crippen molar-refractivity contribution < 1.29 is 13.2 Å². The molecule has 1 nitrogen and oxygen atoms in total. The van der Waals surface area contributed by atoms with E-state index < -0.39 is 11.7 Å². The molecule has 0 bridgehead atoms. The highest BCUT2D eigenvalue weighted by molar-refractivity contribution is 5.41. The molecule has 0 aliphatic heterocycles. The maximum absolute atomic E-state index is 11.9. The minimum Gasteiger partial charge on any atom is -0.399 e. The summed E-state index contributed by atoms with van der Waals surface area (Å²) in [7, 11) is 0. The number of nitrogens with two attached hydrogens (primary N) is 1. The van der Waals surface area contributed by atoms with Crippen LogP contribution in [0.2, 0.25) is 0 Å². The summed E-state index contributed by atoms with van der Waals surface area (Å²) in [6.07, 6.45) is -3.05. The molecule has 0 aromatic heterocycles. The summed E-state index contributed by atoms with van der Waals surface area (Å²) < 4.78 is 35.7. The number of benzene rings is 1. The fourth-order valence-corrected chi connectivity index (χ4v) is 0.715. The quantitative estimate of drug-likeness (QED) is 0.642. The Balaban J connectivity index is 0.000000500. The van der Waals surface area contributed by atoms with Crippen LogP contribution in [0.3, 0.4) is 0 Å². The summed E-state index contributed by atoms with van der Waals surface area (Å²) in [5.74, 6) is 0. The summed E-state index contributed by atoms with van der Waals surface area (Å²) in [6.45, 7) is 4.25. The standard InChI is InChI=1S/C7H6F3N.C3H8/c8-7(9,10)5-2-1-3-6(11)4-5;1-3-2/h1-4H,11H2;3H2,1-2H3. The van der Waals surface area contributed by atoms with Gasteiger partial charge in [-0.05, 0) is 18.2 Å². The number of alkyl halides is 3. The molecular formula is C10H14F3N. The molecular weight excluding hydrogens is 191 g/mol. The van der Waals surface area contributed by atoms with Crippen molar-refractivity contribution in [2.75, 3.05) is 5.73 Å².